The normalized spacial score (nSPS) is 27.8. The zero-order valence-corrected chi connectivity index (χ0v) is 11.4. The number of hydrogen-bond donors (Lipinski definition) is 0. The second-order valence-corrected chi connectivity index (χ2v) is 7.05. The Morgan fingerprint density at radius 3 is 1.73 bits per heavy atom. The molecule has 86 valence electrons. The van der Waals surface area contributed by atoms with Crippen LogP contribution in [0.2, 0.25) is 0 Å². The lowest BCUT2D eigenvalue weighted by atomic mass is 9.62. The molecule has 0 amide bonds. The topological polar surface area (TPSA) is 0 Å². The lowest BCUT2D eigenvalue weighted by Crippen LogP contribution is -2.35. The Kier molecular flexibility index (Phi) is 3.19. The Hall–Kier alpha value is -0.520. The second kappa shape index (κ2) is 3.81. The van der Waals surface area contributed by atoms with Crippen molar-refractivity contribution in [2.75, 3.05) is 0 Å². The van der Waals surface area contributed by atoms with Gasteiger partial charge in [0.2, 0.25) is 0 Å². The third-order valence-corrected chi connectivity index (χ3v) is 3.40. The largest absolute Gasteiger partial charge is 0.0800 e. The van der Waals surface area contributed by atoms with E-state index in [0.717, 1.165) is 0 Å². The minimum absolute atomic E-state index is 0.351. The summed E-state index contributed by atoms with van der Waals surface area (Å²) in [6.07, 6.45) is 7.14. The van der Waals surface area contributed by atoms with E-state index in [1.54, 1.807) is 0 Å². The quantitative estimate of drug-likeness (QED) is 0.532. The third kappa shape index (κ3) is 2.96. The van der Waals surface area contributed by atoms with Crippen LogP contribution in [0.1, 0.15) is 48.5 Å². The average Bonchev–Trinajstić information content (AvgIpc) is 2.00. The molecule has 0 aliphatic heterocycles. The Labute approximate surface area is 95.5 Å². The van der Waals surface area contributed by atoms with Crippen molar-refractivity contribution >= 4 is 0 Å². The van der Waals surface area contributed by atoms with Gasteiger partial charge in [0, 0.05) is 0 Å². The Morgan fingerprint density at radius 1 is 0.867 bits per heavy atom. The minimum Gasteiger partial charge on any atom is -0.0800 e. The fourth-order valence-electron chi connectivity index (χ4n) is 2.43. The van der Waals surface area contributed by atoms with Crippen molar-refractivity contribution in [1.29, 1.82) is 0 Å². The van der Waals surface area contributed by atoms with E-state index >= 15 is 0 Å². The molecular formula is C15H26. The van der Waals surface area contributed by atoms with E-state index in [1.165, 1.54) is 5.57 Å². The van der Waals surface area contributed by atoms with E-state index < -0.39 is 0 Å². The van der Waals surface area contributed by atoms with E-state index in [0.29, 0.717) is 22.7 Å². The summed E-state index contributed by atoms with van der Waals surface area (Å²) < 4.78 is 0. The summed E-state index contributed by atoms with van der Waals surface area (Å²) in [4.78, 5) is 0. The van der Waals surface area contributed by atoms with Gasteiger partial charge in [0.15, 0.2) is 0 Å². The van der Waals surface area contributed by atoms with Crippen LogP contribution >= 0.6 is 0 Å². The highest BCUT2D eigenvalue weighted by molar-refractivity contribution is 5.26. The lowest BCUT2D eigenvalue weighted by Gasteiger charge is -2.42. The van der Waals surface area contributed by atoms with E-state index in [4.69, 9.17) is 0 Å². The van der Waals surface area contributed by atoms with Crippen LogP contribution in [0.4, 0.5) is 0 Å². The molecule has 0 aromatic rings. The van der Waals surface area contributed by atoms with E-state index in [9.17, 15) is 0 Å². The summed E-state index contributed by atoms with van der Waals surface area (Å²) in [6, 6.07) is 0. The molecule has 1 rings (SSSR count). The van der Waals surface area contributed by atoms with Crippen LogP contribution in [0.15, 0.2) is 23.8 Å². The molecule has 0 aromatic heterocycles. The van der Waals surface area contributed by atoms with Crippen LogP contribution in [0.3, 0.4) is 0 Å². The molecule has 1 aliphatic rings. The molecule has 0 saturated heterocycles. The molecular weight excluding hydrogens is 180 g/mol. The Bertz CT molecular complexity index is 278. The van der Waals surface area contributed by atoms with Crippen LogP contribution in [0, 0.1) is 22.7 Å². The van der Waals surface area contributed by atoms with E-state index in [2.05, 4.69) is 66.7 Å². The van der Waals surface area contributed by atoms with Gasteiger partial charge in [-0.2, -0.15) is 0 Å². The molecule has 0 bridgehead atoms. The molecule has 0 radical (unpaired) electrons. The molecule has 0 spiro atoms. The molecule has 0 nitrogen and oxygen atoms in total. The second-order valence-electron chi connectivity index (χ2n) is 7.05. The Balaban J connectivity index is 3.04. The molecule has 2 atom stereocenters. The fourth-order valence-corrected chi connectivity index (χ4v) is 2.43. The smallest absolute Gasteiger partial charge is 0.0111 e. The molecule has 0 N–H and O–H groups in total. The summed E-state index contributed by atoms with van der Waals surface area (Å²) in [7, 11) is 0. The molecule has 0 heterocycles. The van der Waals surface area contributed by atoms with Crippen molar-refractivity contribution in [1.82, 2.24) is 0 Å². The standard InChI is InChI=1S/C15H26/c1-11-8-9-12(14(2,3)4)13(10-11)15(5,6)7/h8-10,12-13H,1-7H3. The zero-order chi connectivity index (χ0) is 11.9. The van der Waals surface area contributed by atoms with Gasteiger partial charge in [-0.25, -0.2) is 0 Å². The first-order chi connectivity index (χ1) is 6.62. The first kappa shape index (κ1) is 12.5. The van der Waals surface area contributed by atoms with Crippen LogP contribution in [-0.2, 0) is 0 Å². The lowest BCUT2D eigenvalue weighted by molar-refractivity contribution is 0.140. The fraction of sp³-hybridized carbons (Fsp3) is 0.733. The van der Waals surface area contributed by atoms with Crippen LogP contribution in [-0.4, -0.2) is 0 Å². The summed E-state index contributed by atoms with van der Waals surface area (Å²) in [6.45, 7) is 16.3. The van der Waals surface area contributed by atoms with Gasteiger partial charge in [0.1, 0.15) is 0 Å². The molecule has 0 heteroatoms. The van der Waals surface area contributed by atoms with Crippen LogP contribution < -0.4 is 0 Å². The van der Waals surface area contributed by atoms with Gasteiger partial charge >= 0.3 is 0 Å². The predicted octanol–water partition coefficient (Wildman–Crippen LogP) is 4.83. The van der Waals surface area contributed by atoms with E-state index in [-0.39, 0.29) is 0 Å². The molecule has 2 unspecified atom stereocenters. The number of hydrogen-bond acceptors (Lipinski definition) is 0. The summed E-state index contributed by atoms with van der Waals surface area (Å²) in [5.74, 6) is 1.31. The maximum Gasteiger partial charge on any atom is -0.0111 e. The highest BCUT2D eigenvalue weighted by Gasteiger charge is 2.37. The average molecular weight is 206 g/mol. The first-order valence-corrected chi connectivity index (χ1v) is 5.99. The summed E-state index contributed by atoms with van der Waals surface area (Å²) >= 11 is 0. The van der Waals surface area contributed by atoms with Crippen molar-refractivity contribution in [3.63, 3.8) is 0 Å². The van der Waals surface area contributed by atoms with Gasteiger partial charge in [-0.15, -0.1) is 0 Å². The number of rotatable bonds is 0. The SMILES string of the molecule is CC1=CC(C(C)(C)C)C(C(C)(C)C)C=C1. The van der Waals surface area contributed by atoms with Gasteiger partial charge in [-0.1, -0.05) is 65.3 Å². The first-order valence-electron chi connectivity index (χ1n) is 5.99. The van der Waals surface area contributed by atoms with Crippen LogP contribution in [0.5, 0.6) is 0 Å². The highest BCUT2D eigenvalue weighted by Crippen LogP contribution is 2.45. The van der Waals surface area contributed by atoms with Gasteiger partial charge in [-0.05, 0) is 29.6 Å². The Morgan fingerprint density at radius 2 is 1.33 bits per heavy atom. The molecule has 0 aromatic carbocycles. The summed E-state index contributed by atoms with van der Waals surface area (Å²) in [5, 5.41) is 0. The van der Waals surface area contributed by atoms with Gasteiger partial charge < -0.3 is 0 Å². The number of allylic oxidation sites excluding steroid dienone is 4. The van der Waals surface area contributed by atoms with E-state index in [1.807, 2.05) is 0 Å². The minimum atomic E-state index is 0.351. The third-order valence-electron chi connectivity index (χ3n) is 3.40. The van der Waals surface area contributed by atoms with Crippen molar-refractivity contribution in [3.05, 3.63) is 23.8 Å². The molecule has 15 heavy (non-hydrogen) atoms. The van der Waals surface area contributed by atoms with Gasteiger partial charge in [-0.3, -0.25) is 0 Å². The summed E-state index contributed by atoms with van der Waals surface area (Å²) in [5.41, 5.74) is 2.12. The van der Waals surface area contributed by atoms with Crippen molar-refractivity contribution in [2.24, 2.45) is 22.7 Å². The zero-order valence-electron chi connectivity index (χ0n) is 11.4. The van der Waals surface area contributed by atoms with Crippen LogP contribution in [0.25, 0.3) is 0 Å². The van der Waals surface area contributed by atoms with Gasteiger partial charge in [0.25, 0.3) is 0 Å². The molecule has 0 fully saturated rings. The van der Waals surface area contributed by atoms with Gasteiger partial charge in [0.05, 0.1) is 0 Å². The molecule has 0 saturated carbocycles. The monoisotopic (exact) mass is 206 g/mol. The predicted molar refractivity (Wildman–Crippen MR) is 68.8 cm³/mol. The van der Waals surface area contributed by atoms with Crippen molar-refractivity contribution in [3.8, 4) is 0 Å². The molecule has 1 aliphatic carbocycles. The highest BCUT2D eigenvalue weighted by atomic mass is 14.4. The van der Waals surface area contributed by atoms with Crippen molar-refractivity contribution < 1.29 is 0 Å². The maximum atomic E-state index is 2.45. The van der Waals surface area contributed by atoms with Crippen molar-refractivity contribution in [2.45, 2.75) is 48.5 Å². The maximum absolute atomic E-state index is 2.45.